The van der Waals surface area contributed by atoms with Crippen molar-refractivity contribution in [1.29, 1.82) is 0 Å². The van der Waals surface area contributed by atoms with Gasteiger partial charge in [0, 0.05) is 37.8 Å². The molecule has 0 atom stereocenters. The van der Waals surface area contributed by atoms with Crippen LogP contribution in [0.25, 0.3) is 27.8 Å². The van der Waals surface area contributed by atoms with Gasteiger partial charge in [-0.3, -0.25) is 4.79 Å². The second-order valence-corrected chi connectivity index (χ2v) is 7.60. The van der Waals surface area contributed by atoms with Crippen molar-refractivity contribution in [2.45, 2.75) is 6.92 Å². The lowest BCUT2D eigenvalue weighted by Gasteiger charge is -2.34. The molecule has 0 aliphatic carbocycles. The molecule has 0 unspecified atom stereocenters. The van der Waals surface area contributed by atoms with E-state index >= 15 is 0 Å². The largest absolute Gasteiger partial charge is 0.367 e. The first kappa shape index (κ1) is 17.0. The van der Waals surface area contributed by atoms with Crippen LogP contribution in [0.1, 0.15) is 5.56 Å². The van der Waals surface area contributed by atoms with Crippen LogP contribution in [0.4, 0.5) is 5.69 Å². The highest BCUT2D eigenvalue weighted by Gasteiger charge is 2.23. The number of rotatable bonds is 2. The molecule has 1 saturated heterocycles. The molecule has 0 amide bonds. The minimum absolute atomic E-state index is 0.0954. The highest BCUT2D eigenvalue weighted by molar-refractivity contribution is 6.00. The first-order valence-corrected chi connectivity index (χ1v) is 9.65. The highest BCUT2D eigenvalue weighted by Crippen LogP contribution is 2.33. The van der Waals surface area contributed by atoms with Gasteiger partial charge in [-0.25, -0.2) is 0 Å². The first-order valence-electron chi connectivity index (χ1n) is 9.65. The number of aromatic nitrogens is 3. The first-order chi connectivity index (χ1) is 13.6. The quantitative estimate of drug-likeness (QED) is 0.587. The molecule has 6 heteroatoms. The van der Waals surface area contributed by atoms with Crippen LogP contribution < -0.4 is 10.5 Å². The number of nitrogens with zero attached hydrogens (tertiary/aromatic N) is 4. The van der Waals surface area contributed by atoms with E-state index in [1.54, 1.807) is 6.20 Å². The van der Waals surface area contributed by atoms with Gasteiger partial charge in [0.2, 0.25) is 0 Å². The Bertz CT molecular complexity index is 1170. The fraction of sp³-hybridized carbons (Fsp3) is 0.273. The smallest absolute Gasteiger partial charge is 0.282 e. The predicted molar refractivity (Wildman–Crippen MR) is 113 cm³/mol. The molecule has 1 N–H and O–H groups in total. The van der Waals surface area contributed by atoms with Crippen molar-refractivity contribution in [1.82, 2.24) is 19.7 Å². The van der Waals surface area contributed by atoms with E-state index in [4.69, 9.17) is 5.10 Å². The summed E-state index contributed by atoms with van der Waals surface area (Å²) in [6.45, 7) is 6.18. The molecule has 28 heavy (non-hydrogen) atoms. The lowest BCUT2D eigenvalue weighted by Crippen LogP contribution is -2.44. The van der Waals surface area contributed by atoms with Crippen LogP contribution in [0.2, 0.25) is 0 Å². The summed E-state index contributed by atoms with van der Waals surface area (Å²) in [6, 6.07) is 13.9. The molecule has 5 rings (SSSR count). The van der Waals surface area contributed by atoms with Crippen LogP contribution in [0, 0.1) is 6.92 Å². The number of aromatic amines is 1. The van der Waals surface area contributed by atoms with E-state index in [0.29, 0.717) is 5.56 Å². The molecule has 142 valence electrons. The average molecular weight is 373 g/mol. The second-order valence-electron chi connectivity index (χ2n) is 7.60. The SMILES string of the molecule is Cc1cc(N2CCN(C)CC2)c2[nH]cc3c(=O)n(-c4ccccc4)nc-3c2c1. The van der Waals surface area contributed by atoms with Gasteiger partial charge in [-0.05, 0) is 43.8 Å². The molecule has 2 aromatic rings. The van der Waals surface area contributed by atoms with Crippen LogP contribution in [-0.2, 0) is 0 Å². The summed E-state index contributed by atoms with van der Waals surface area (Å²) in [5, 5.41) is 5.71. The van der Waals surface area contributed by atoms with Crippen molar-refractivity contribution < 1.29 is 0 Å². The molecule has 0 spiro atoms. The molecule has 6 nitrogen and oxygen atoms in total. The lowest BCUT2D eigenvalue weighted by molar-refractivity contribution is 0.313. The van der Waals surface area contributed by atoms with E-state index in [1.165, 1.54) is 15.9 Å². The molecule has 0 aromatic heterocycles. The Hall–Kier alpha value is -3.12. The number of nitrogens with one attached hydrogen (secondary N) is 1. The zero-order valence-corrected chi connectivity index (χ0v) is 16.1. The summed E-state index contributed by atoms with van der Waals surface area (Å²) in [5.41, 5.74) is 5.45. The van der Waals surface area contributed by atoms with Crippen molar-refractivity contribution in [3.63, 3.8) is 0 Å². The van der Waals surface area contributed by atoms with Gasteiger partial charge in [-0.2, -0.15) is 9.78 Å². The van der Waals surface area contributed by atoms with Crippen molar-refractivity contribution in [3.8, 4) is 16.9 Å². The number of fused-ring (bicyclic) bond motifs is 3. The Morgan fingerprint density at radius 1 is 1.04 bits per heavy atom. The lowest BCUT2D eigenvalue weighted by atomic mass is 10.0. The van der Waals surface area contributed by atoms with Crippen molar-refractivity contribution in [2.24, 2.45) is 0 Å². The number of hydrogen-bond acceptors (Lipinski definition) is 4. The van der Waals surface area contributed by atoms with E-state index in [2.05, 4.69) is 40.9 Å². The molecule has 3 aliphatic heterocycles. The molecule has 0 saturated carbocycles. The number of anilines is 1. The van der Waals surface area contributed by atoms with Gasteiger partial charge in [0.15, 0.2) is 0 Å². The third-order valence-corrected chi connectivity index (χ3v) is 5.60. The summed E-state index contributed by atoms with van der Waals surface area (Å²) in [4.78, 5) is 21.1. The minimum atomic E-state index is -0.0954. The minimum Gasteiger partial charge on any atom is -0.367 e. The maximum atomic E-state index is 12.9. The number of benzene rings is 2. The van der Waals surface area contributed by atoms with E-state index in [0.717, 1.165) is 48.5 Å². The Kier molecular flexibility index (Phi) is 3.94. The standard InChI is InChI=1S/C22H23N5O/c1-15-12-17-20-18(22(28)27(24-20)16-6-4-3-5-7-16)14-23-21(17)19(13-15)26-10-8-25(2)9-11-26/h3-7,12-14,23H,8-11H2,1-2H3. The van der Waals surface area contributed by atoms with E-state index in [9.17, 15) is 4.79 Å². The van der Waals surface area contributed by atoms with Crippen LogP contribution in [0.5, 0.6) is 0 Å². The summed E-state index contributed by atoms with van der Waals surface area (Å²) < 4.78 is 1.50. The van der Waals surface area contributed by atoms with Crippen molar-refractivity contribution in [3.05, 3.63) is 64.6 Å². The number of para-hydroxylation sites is 1. The van der Waals surface area contributed by atoms with Gasteiger partial charge < -0.3 is 14.8 Å². The molecule has 3 heterocycles. The van der Waals surface area contributed by atoms with Gasteiger partial charge in [0.05, 0.1) is 22.5 Å². The fourth-order valence-electron chi connectivity index (χ4n) is 4.03. The molecule has 0 bridgehead atoms. The molecule has 3 aliphatic rings. The summed E-state index contributed by atoms with van der Waals surface area (Å²) in [7, 11) is 2.16. The van der Waals surface area contributed by atoms with Gasteiger partial charge in [-0.1, -0.05) is 18.2 Å². The van der Waals surface area contributed by atoms with E-state index in [1.807, 2.05) is 30.3 Å². The molecule has 1 fully saturated rings. The second kappa shape index (κ2) is 6.49. The normalized spacial score (nSPS) is 15.6. The summed E-state index contributed by atoms with van der Waals surface area (Å²) >= 11 is 0. The predicted octanol–water partition coefficient (Wildman–Crippen LogP) is 2.88. The zero-order chi connectivity index (χ0) is 19.3. The monoisotopic (exact) mass is 373 g/mol. The number of H-pyrrole nitrogens is 1. The van der Waals surface area contributed by atoms with Gasteiger partial charge in [-0.15, -0.1) is 0 Å². The van der Waals surface area contributed by atoms with Gasteiger partial charge in [0.25, 0.3) is 5.56 Å². The number of pyridine rings is 1. The maximum absolute atomic E-state index is 12.9. The van der Waals surface area contributed by atoms with Crippen molar-refractivity contribution >= 4 is 16.6 Å². The molecular weight excluding hydrogens is 350 g/mol. The number of piperazine rings is 1. The van der Waals surface area contributed by atoms with Gasteiger partial charge >= 0.3 is 0 Å². The third kappa shape index (κ3) is 2.68. The Labute approximate surface area is 163 Å². The molecule has 0 radical (unpaired) electrons. The Balaban J connectivity index is 1.72. The zero-order valence-electron chi connectivity index (χ0n) is 16.1. The highest BCUT2D eigenvalue weighted by atomic mass is 16.1. The number of likely N-dealkylation sites (N-methyl/N-ethyl adjacent to an activating group) is 1. The van der Waals surface area contributed by atoms with Crippen molar-refractivity contribution in [2.75, 3.05) is 38.1 Å². The topological polar surface area (TPSA) is 57.2 Å². The van der Waals surface area contributed by atoms with Crippen LogP contribution >= 0.6 is 0 Å². The summed E-state index contributed by atoms with van der Waals surface area (Å²) in [6.07, 6.45) is 1.81. The third-order valence-electron chi connectivity index (χ3n) is 5.60. The van der Waals surface area contributed by atoms with Gasteiger partial charge in [0.1, 0.15) is 5.69 Å². The van der Waals surface area contributed by atoms with E-state index in [-0.39, 0.29) is 5.56 Å². The van der Waals surface area contributed by atoms with Crippen LogP contribution in [0.3, 0.4) is 0 Å². The van der Waals surface area contributed by atoms with Crippen LogP contribution in [-0.4, -0.2) is 52.9 Å². The fourth-order valence-corrected chi connectivity index (χ4v) is 4.03. The molecule has 2 aromatic carbocycles. The van der Waals surface area contributed by atoms with Crippen LogP contribution in [0.15, 0.2) is 53.5 Å². The number of aryl methyl sites for hydroxylation is 1. The number of hydrogen-bond donors (Lipinski definition) is 1. The Morgan fingerprint density at radius 3 is 2.54 bits per heavy atom. The summed E-state index contributed by atoms with van der Waals surface area (Å²) in [5.74, 6) is 0. The average Bonchev–Trinajstić information content (AvgIpc) is 3.06. The van der Waals surface area contributed by atoms with E-state index < -0.39 is 0 Å². The Morgan fingerprint density at radius 2 is 1.79 bits per heavy atom. The maximum Gasteiger partial charge on any atom is 0.282 e. The molecular formula is C22H23N5O.